The molecule has 1 aromatic carbocycles. The first-order valence-corrected chi connectivity index (χ1v) is 10.9. The second kappa shape index (κ2) is 9.58. The highest BCUT2D eigenvalue weighted by Crippen LogP contribution is 2.38. The van der Waals surface area contributed by atoms with E-state index >= 15 is 0 Å². The Morgan fingerprint density at radius 2 is 1.84 bits per heavy atom. The zero-order valence-corrected chi connectivity index (χ0v) is 19.2. The van der Waals surface area contributed by atoms with Crippen LogP contribution in [-0.2, 0) is 25.7 Å². The van der Waals surface area contributed by atoms with Crippen molar-refractivity contribution < 1.29 is 23.9 Å². The van der Waals surface area contributed by atoms with Gasteiger partial charge in [0.05, 0.1) is 0 Å². The predicted molar refractivity (Wildman–Crippen MR) is 119 cm³/mol. The van der Waals surface area contributed by atoms with E-state index in [2.05, 4.69) is 5.32 Å². The summed E-state index contributed by atoms with van der Waals surface area (Å²) in [5, 5.41) is 2.80. The minimum absolute atomic E-state index is 0.00994. The van der Waals surface area contributed by atoms with Gasteiger partial charge in [-0.1, -0.05) is 31.9 Å². The van der Waals surface area contributed by atoms with Gasteiger partial charge in [0.1, 0.15) is 12.1 Å². The Balaban J connectivity index is 1.49. The zero-order valence-electron chi connectivity index (χ0n) is 19.2. The minimum Gasteiger partial charge on any atom is -0.454 e. The number of urea groups is 1. The molecule has 1 saturated heterocycles. The zero-order chi connectivity index (χ0) is 23.5. The molecule has 1 aliphatic heterocycles. The van der Waals surface area contributed by atoms with Gasteiger partial charge < -0.3 is 19.9 Å². The van der Waals surface area contributed by atoms with Crippen LogP contribution in [0.5, 0.6) is 0 Å². The molecule has 32 heavy (non-hydrogen) atoms. The third-order valence-corrected chi connectivity index (χ3v) is 6.44. The van der Waals surface area contributed by atoms with Crippen LogP contribution in [0.4, 0.5) is 10.5 Å². The Morgan fingerprint density at radius 3 is 2.47 bits per heavy atom. The summed E-state index contributed by atoms with van der Waals surface area (Å²) in [5.41, 5.74) is 1.08. The number of hydrogen-bond donors (Lipinski definition) is 1. The van der Waals surface area contributed by atoms with E-state index in [0.717, 1.165) is 35.4 Å². The smallest absolute Gasteiger partial charge is 0.326 e. The lowest BCUT2D eigenvalue weighted by atomic mass is 9.73. The normalized spacial score (nSPS) is 22.6. The fraction of sp³-hybridized carbons (Fsp3) is 0.565. The van der Waals surface area contributed by atoms with Gasteiger partial charge in [-0.15, -0.1) is 0 Å². The molecular weight excluding hydrogens is 412 g/mol. The van der Waals surface area contributed by atoms with Gasteiger partial charge >= 0.3 is 12.0 Å². The van der Waals surface area contributed by atoms with Crippen molar-refractivity contribution in [1.82, 2.24) is 15.1 Å². The maximum absolute atomic E-state index is 12.9. The lowest BCUT2D eigenvalue weighted by Gasteiger charge is -2.36. The summed E-state index contributed by atoms with van der Waals surface area (Å²) < 4.78 is 5.06. The van der Waals surface area contributed by atoms with E-state index in [-0.39, 0.29) is 17.7 Å². The lowest BCUT2D eigenvalue weighted by Crippen LogP contribution is -2.54. The lowest BCUT2D eigenvalue weighted by molar-refractivity contribution is -0.153. The van der Waals surface area contributed by atoms with Crippen molar-refractivity contribution in [3.8, 4) is 0 Å². The number of benzene rings is 1. The van der Waals surface area contributed by atoms with Crippen molar-refractivity contribution in [3.05, 3.63) is 29.8 Å². The number of rotatable bonds is 7. The third-order valence-electron chi connectivity index (χ3n) is 6.44. The Labute approximate surface area is 188 Å². The molecule has 0 aromatic heterocycles. The predicted octanol–water partition coefficient (Wildman–Crippen LogP) is 1.75. The van der Waals surface area contributed by atoms with Gasteiger partial charge in [-0.3, -0.25) is 19.3 Å². The quantitative estimate of drug-likeness (QED) is 0.508. The van der Waals surface area contributed by atoms with Gasteiger partial charge in [0, 0.05) is 33.4 Å². The van der Waals surface area contributed by atoms with Crippen molar-refractivity contribution in [3.63, 3.8) is 0 Å². The van der Waals surface area contributed by atoms with Crippen LogP contribution in [0.3, 0.4) is 0 Å². The number of nitrogens with zero attached hydrogens (tertiary/aromatic N) is 3. The number of ether oxygens (including phenoxy) is 1. The van der Waals surface area contributed by atoms with Crippen LogP contribution >= 0.6 is 0 Å². The second-order valence-corrected chi connectivity index (χ2v) is 8.91. The molecule has 9 nitrogen and oxygen atoms in total. The molecule has 1 spiro atoms. The topological polar surface area (TPSA) is 99.3 Å². The van der Waals surface area contributed by atoms with Crippen LogP contribution in [0.25, 0.3) is 0 Å². The van der Waals surface area contributed by atoms with E-state index < -0.39 is 30.7 Å². The molecule has 2 fully saturated rings. The number of carbonyl (C=O) groups is 4. The molecule has 3 rings (SSSR count). The molecule has 4 amide bonds. The van der Waals surface area contributed by atoms with Crippen LogP contribution in [0.2, 0.25) is 0 Å². The summed E-state index contributed by atoms with van der Waals surface area (Å²) in [5.74, 6) is -1.53. The van der Waals surface area contributed by atoms with Crippen LogP contribution in [-0.4, -0.2) is 73.4 Å². The summed E-state index contributed by atoms with van der Waals surface area (Å²) >= 11 is 0. The Hall–Kier alpha value is -3.10. The summed E-state index contributed by atoms with van der Waals surface area (Å²) in [6, 6.07) is 7.22. The number of nitrogens with one attached hydrogen (secondary N) is 1. The average Bonchev–Trinajstić information content (AvgIpc) is 2.99. The molecule has 2 aliphatic rings. The Morgan fingerprint density at radius 1 is 1.16 bits per heavy atom. The highest BCUT2D eigenvalue weighted by atomic mass is 16.5. The molecule has 2 unspecified atom stereocenters. The fourth-order valence-corrected chi connectivity index (χ4v) is 4.33. The number of amides is 4. The van der Waals surface area contributed by atoms with E-state index in [4.69, 9.17) is 4.74 Å². The van der Waals surface area contributed by atoms with Crippen LogP contribution < -0.4 is 10.2 Å². The molecule has 2 atom stereocenters. The number of esters is 1. The third kappa shape index (κ3) is 4.87. The highest BCUT2D eigenvalue weighted by molar-refractivity contribution is 6.09. The van der Waals surface area contributed by atoms with E-state index in [1.807, 2.05) is 50.2 Å². The summed E-state index contributed by atoms with van der Waals surface area (Å²) in [4.78, 5) is 54.2. The molecule has 1 heterocycles. The molecule has 1 aliphatic carbocycles. The maximum atomic E-state index is 12.9. The van der Waals surface area contributed by atoms with Gasteiger partial charge in [-0.05, 0) is 36.5 Å². The van der Waals surface area contributed by atoms with Gasteiger partial charge in [-0.25, -0.2) is 4.79 Å². The van der Waals surface area contributed by atoms with Crippen LogP contribution in [0, 0.1) is 5.92 Å². The van der Waals surface area contributed by atoms with Gasteiger partial charge in [-0.2, -0.15) is 0 Å². The Kier molecular flexibility index (Phi) is 7.06. The van der Waals surface area contributed by atoms with E-state index in [0.29, 0.717) is 13.0 Å². The number of likely N-dealkylation sites (N-methyl/N-ethyl adjacent to an activating group) is 1. The molecule has 1 N–H and O–H groups in total. The number of carbonyl (C=O) groups excluding carboxylic acids is 4. The van der Waals surface area contributed by atoms with Crippen molar-refractivity contribution >= 4 is 29.5 Å². The molecule has 1 saturated carbocycles. The van der Waals surface area contributed by atoms with Crippen molar-refractivity contribution in [2.75, 3.05) is 39.2 Å². The molecular formula is C23H32N4O5. The van der Waals surface area contributed by atoms with E-state index in [1.165, 1.54) is 4.90 Å². The molecule has 0 radical (unpaired) electrons. The number of imide groups is 1. The van der Waals surface area contributed by atoms with Gasteiger partial charge in [0.2, 0.25) is 0 Å². The van der Waals surface area contributed by atoms with Crippen LogP contribution in [0.15, 0.2) is 24.3 Å². The molecule has 1 aromatic rings. The average molecular weight is 445 g/mol. The first-order valence-electron chi connectivity index (χ1n) is 10.9. The minimum atomic E-state index is -0.923. The highest BCUT2D eigenvalue weighted by Gasteiger charge is 2.55. The first kappa shape index (κ1) is 23.6. The SMILES string of the molecule is CC1CCCCC12NC(=O)N(CC(=O)OCC(=O)N(C)Cc1ccc(N(C)C)cc1)C2=O. The van der Waals surface area contributed by atoms with Gasteiger partial charge in [0.15, 0.2) is 6.61 Å². The summed E-state index contributed by atoms with van der Waals surface area (Å²) in [6.45, 7) is 1.37. The standard InChI is InChI=1S/C23H32N4O5/c1-16-7-5-6-12-23(16)21(30)27(22(31)24-23)14-20(29)32-15-19(28)26(4)13-17-8-10-18(11-9-17)25(2)3/h8-11,16H,5-7,12-15H2,1-4H3,(H,24,31). The number of hydrogen-bond acceptors (Lipinski definition) is 6. The van der Waals surface area contributed by atoms with Gasteiger partial charge in [0.25, 0.3) is 11.8 Å². The van der Waals surface area contributed by atoms with E-state index in [9.17, 15) is 19.2 Å². The van der Waals surface area contributed by atoms with Crippen molar-refractivity contribution in [2.45, 2.75) is 44.7 Å². The fourth-order valence-electron chi connectivity index (χ4n) is 4.33. The number of anilines is 1. The maximum Gasteiger partial charge on any atom is 0.326 e. The largest absolute Gasteiger partial charge is 0.454 e. The second-order valence-electron chi connectivity index (χ2n) is 8.91. The van der Waals surface area contributed by atoms with Crippen molar-refractivity contribution in [2.24, 2.45) is 5.92 Å². The van der Waals surface area contributed by atoms with Crippen molar-refractivity contribution in [1.29, 1.82) is 0 Å². The monoisotopic (exact) mass is 444 g/mol. The Bertz CT molecular complexity index is 885. The summed E-state index contributed by atoms with van der Waals surface area (Å²) in [6.07, 6.45) is 3.29. The molecule has 0 bridgehead atoms. The molecule has 9 heteroatoms. The van der Waals surface area contributed by atoms with E-state index in [1.54, 1.807) is 7.05 Å². The summed E-state index contributed by atoms with van der Waals surface area (Å²) in [7, 11) is 5.53. The first-order chi connectivity index (χ1) is 15.1. The molecule has 174 valence electrons. The van der Waals surface area contributed by atoms with Crippen LogP contribution in [0.1, 0.15) is 38.2 Å².